The number of nitrogens with one attached hydrogen (secondary N) is 1. The highest BCUT2D eigenvalue weighted by molar-refractivity contribution is 9.10. The number of anilines is 1. The van der Waals surface area contributed by atoms with Crippen LogP contribution in [0.1, 0.15) is 10.5 Å². The number of aromatic nitrogens is 1. The van der Waals surface area contributed by atoms with E-state index in [4.69, 9.17) is 9.84 Å². The third kappa shape index (κ3) is 4.57. The highest BCUT2D eigenvalue weighted by Gasteiger charge is 2.06. The average molecular weight is 351 g/mol. The number of amides is 1. The zero-order chi connectivity index (χ0) is 15.2. The zero-order valence-corrected chi connectivity index (χ0v) is 12.3. The number of carboxylic acid groups (broad SMARTS) is 1. The maximum absolute atomic E-state index is 11.7. The lowest BCUT2D eigenvalue weighted by Crippen LogP contribution is -2.20. The van der Waals surface area contributed by atoms with Gasteiger partial charge in [0.05, 0.1) is 6.20 Å². The normalized spacial score (nSPS) is 9.95. The smallest absolute Gasteiger partial charge is 0.354 e. The molecular weight excluding hydrogens is 340 g/mol. The predicted molar refractivity (Wildman–Crippen MR) is 79.5 cm³/mol. The van der Waals surface area contributed by atoms with Crippen molar-refractivity contribution in [3.8, 4) is 5.75 Å². The Kier molecular flexibility index (Phi) is 4.89. The molecule has 0 aliphatic carbocycles. The third-order valence-corrected chi connectivity index (χ3v) is 2.93. The van der Waals surface area contributed by atoms with E-state index in [0.29, 0.717) is 11.4 Å². The monoisotopic (exact) mass is 350 g/mol. The van der Waals surface area contributed by atoms with Gasteiger partial charge in [-0.25, -0.2) is 9.78 Å². The molecule has 1 heterocycles. The van der Waals surface area contributed by atoms with Gasteiger partial charge < -0.3 is 15.2 Å². The van der Waals surface area contributed by atoms with Gasteiger partial charge in [-0.15, -0.1) is 0 Å². The Morgan fingerprint density at radius 3 is 2.71 bits per heavy atom. The second kappa shape index (κ2) is 6.85. The van der Waals surface area contributed by atoms with Gasteiger partial charge in [0.1, 0.15) is 11.4 Å². The summed E-state index contributed by atoms with van der Waals surface area (Å²) in [7, 11) is 0. The SMILES string of the molecule is O=C(COc1ccc(C(=O)O)nc1)Nc1cccc(Br)c1. The van der Waals surface area contributed by atoms with Gasteiger partial charge in [-0.3, -0.25) is 4.79 Å². The van der Waals surface area contributed by atoms with Crippen LogP contribution in [0.15, 0.2) is 47.1 Å². The molecule has 108 valence electrons. The van der Waals surface area contributed by atoms with Gasteiger partial charge in [0.2, 0.25) is 0 Å². The molecule has 21 heavy (non-hydrogen) atoms. The number of nitrogens with zero attached hydrogens (tertiary/aromatic N) is 1. The molecular formula is C14H11BrN2O4. The number of halogens is 1. The highest BCUT2D eigenvalue weighted by atomic mass is 79.9. The molecule has 0 aliphatic rings. The lowest BCUT2D eigenvalue weighted by atomic mass is 10.3. The number of pyridine rings is 1. The van der Waals surface area contributed by atoms with Gasteiger partial charge in [0.25, 0.3) is 5.91 Å². The molecule has 2 N–H and O–H groups in total. The second-order valence-corrected chi connectivity index (χ2v) is 4.95. The average Bonchev–Trinajstić information content (AvgIpc) is 2.45. The van der Waals surface area contributed by atoms with E-state index < -0.39 is 5.97 Å². The fourth-order valence-electron chi connectivity index (χ4n) is 1.50. The van der Waals surface area contributed by atoms with Crippen molar-refractivity contribution >= 4 is 33.5 Å². The number of benzene rings is 1. The molecule has 2 rings (SSSR count). The molecule has 7 heteroatoms. The van der Waals surface area contributed by atoms with Gasteiger partial charge in [-0.2, -0.15) is 0 Å². The Morgan fingerprint density at radius 2 is 2.10 bits per heavy atom. The fraction of sp³-hybridized carbons (Fsp3) is 0.0714. The van der Waals surface area contributed by atoms with Crippen molar-refractivity contribution in [2.75, 3.05) is 11.9 Å². The van der Waals surface area contributed by atoms with Gasteiger partial charge in [0.15, 0.2) is 6.61 Å². The number of carboxylic acids is 1. The van der Waals surface area contributed by atoms with Crippen molar-refractivity contribution in [2.45, 2.75) is 0 Å². The van der Waals surface area contributed by atoms with Gasteiger partial charge in [0, 0.05) is 10.2 Å². The van der Waals surface area contributed by atoms with Crippen LogP contribution in [0.25, 0.3) is 0 Å². The van der Waals surface area contributed by atoms with E-state index in [-0.39, 0.29) is 18.2 Å². The van der Waals surface area contributed by atoms with E-state index in [2.05, 4.69) is 26.2 Å². The minimum Gasteiger partial charge on any atom is -0.482 e. The number of hydrogen-bond donors (Lipinski definition) is 2. The molecule has 0 spiro atoms. The molecule has 0 saturated carbocycles. The molecule has 1 amide bonds. The summed E-state index contributed by atoms with van der Waals surface area (Å²) in [6.07, 6.45) is 1.26. The van der Waals surface area contributed by atoms with Crippen LogP contribution in [0.2, 0.25) is 0 Å². The van der Waals surface area contributed by atoms with Gasteiger partial charge >= 0.3 is 5.97 Å². The Bertz CT molecular complexity index is 658. The van der Waals surface area contributed by atoms with Crippen molar-refractivity contribution in [1.29, 1.82) is 0 Å². The van der Waals surface area contributed by atoms with Crippen molar-refractivity contribution in [3.63, 3.8) is 0 Å². The van der Waals surface area contributed by atoms with E-state index in [1.54, 1.807) is 18.2 Å². The van der Waals surface area contributed by atoms with E-state index in [1.807, 2.05) is 6.07 Å². The number of carbonyl (C=O) groups is 2. The van der Waals surface area contributed by atoms with E-state index in [9.17, 15) is 9.59 Å². The number of hydrogen-bond acceptors (Lipinski definition) is 4. The molecule has 0 radical (unpaired) electrons. The standard InChI is InChI=1S/C14H11BrN2O4/c15-9-2-1-3-10(6-9)17-13(18)8-21-11-4-5-12(14(19)20)16-7-11/h1-7H,8H2,(H,17,18)(H,19,20). The van der Waals surface area contributed by atoms with Crippen LogP contribution < -0.4 is 10.1 Å². The van der Waals surface area contributed by atoms with Crippen LogP contribution in [-0.4, -0.2) is 28.6 Å². The van der Waals surface area contributed by atoms with Crippen molar-refractivity contribution in [1.82, 2.24) is 4.98 Å². The van der Waals surface area contributed by atoms with E-state index in [1.165, 1.54) is 18.3 Å². The van der Waals surface area contributed by atoms with E-state index >= 15 is 0 Å². The first-order valence-electron chi connectivity index (χ1n) is 5.92. The topological polar surface area (TPSA) is 88.5 Å². The van der Waals surface area contributed by atoms with Crippen LogP contribution >= 0.6 is 15.9 Å². The van der Waals surface area contributed by atoms with Crippen LogP contribution in [0.5, 0.6) is 5.75 Å². The van der Waals surface area contributed by atoms with Gasteiger partial charge in [-0.05, 0) is 30.3 Å². The Labute approximate surface area is 128 Å². The number of rotatable bonds is 5. The number of carbonyl (C=O) groups excluding carboxylic acids is 1. The Hall–Kier alpha value is -2.41. The summed E-state index contributed by atoms with van der Waals surface area (Å²) in [4.78, 5) is 26.0. The molecule has 0 saturated heterocycles. The maximum Gasteiger partial charge on any atom is 0.354 e. The van der Waals surface area contributed by atoms with E-state index in [0.717, 1.165) is 4.47 Å². The first-order chi connectivity index (χ1) is 10.0. The molecule has 0 fully saturated rings. The molecule has 1 aromatic heterocycles. The second-order valence-electron chi connectivity index (χ2n) is 4.03. The molecule has 0 bridgehead atoms. The van der Waals surface area contributed by atoms with Crippen LogP contribution in [0.4, 0.5) is 5.69 Å². The third-order valence-electron chi connectivity index (χ3n) is 2.43. The van der Waals surface area contributed by atoms with Crippen molar-refractivity contribution < 1.29 is 19.4 Å². The molecule has 0 unspecified atom stereocenters. The Balaban J connectivity index is 1.87. The number of aromatic carboxylic acids is 1. The molecule has 6 nitrogen and oxygen atoms in total. The van der Waals surface area contributed by atoms with Crippen molar-refractivity contribution in [2.24, 2.45) is 0 Å². The quantitative estimate of drug-likeness (QED) is 0.864. The molecule has 0 atom stereocenters. The van der Waals surface area contributed by atoms with Crippen LogP contribution in [-0.2, 0) is 4.79 Å². The summed E-state index contributed by atoms with van der Waals surface area (Å²) in [5.41, 5.74) is 0.568. The summed E-state index contributed by atoms with van der Waals surface area (Å²) in [6, 6.07) is 9.93. The van der Waals surface area contributed by atoms with Crippen LogP contribution in [0.3, 0.4) is 0 Å². The Morgan fingerprint density at radius 1 is 1.29 bits per heavy atom. The lowest BCUT2D eigenvalue weighted by Gasteiger charge is -2.07. The summed E-state index contributed by atoms with van der Waals surface area (Å²) in [6.45, 7) is -0.194. The molecule has 2 aromatic rings. The van der Waals surface area contributed by atoms with Crippen LogP contribution in [0, 0.1) is 0 Å². The molecule has 0 aliphatic heterocycles. The largest absolute Gasteiger partial charge is 0.482 e. The lowest BCUT2D eigenvalue weighted by molar-refractivity contribution is -0.118. The minimum absolute atomic E-state index is 0.0825. The van der Waals surface area contributed by atoms with Crippen molar-refractivity contribution in [3.05, 3.63) is 52.8 Å². The summed E-state index contributed by atoms with van der Waals surface area (Å²) >= 11 is 3.31. The summed E-state index contributed by atoms with van der Waals surface area (Å²) in [5.74, 6) is -1.12. The minimum atomic E-state index is -1.12. The highest BCUT2D eigenvalue weighted by Crippen LogP contribution is 2.15. The van der Waals surface area contributed by atoms with Gasteiger partial charge in [-0.1, -0.05) is 22.0 Å². The summed E-state index contributed by atoms with van der Waals surface area (Å²) < 4.78 is 6.08. The number of ether oxygens (including phenoxy) is 1. The predicted octanol–water partition coefficient (Wildman–Crippen LogP) is 2.56. The fourth-order valence-corrected chi connectivity index (χ4v) is 1.90. The zero-order valence-electron chi connectivity index (χ0n) is 10.7. The molecule has 1 aromatic carbocycles. The first-order valence-corrected chi connectivity index (χ1v) is 6.71. The first kappa shape index (κ1) is 15.0. The summed E-state index contributed by atoms with van der Waals surface area (Å²) in [5, 5.41) is 11.4. The maximum atomic E-state index is 11.7.